The third-order valence-electron chi connectivity index (χ3n) is 2.03. The quantitative estimate of drug-likeness (QED) is 0.834. The number of carbonyl (C=O) groups excluding carboxylic acids is 1. The van der Waals surface area contributed by atoms with Gasteiger partial charge in [-0.15, -0.1) is 0 Å². The predicted molar refractivity (Wildman–Crippen MR) is 58.3 cm³/mol. The molecule has 0 spiro atoms. The zero-order valence-corrected chi connectivity index (χ0v) is 9.12. The van der Waals surface area contributed by atoms with Crippen LogP contribution in [0.3, 0.4) is 0 Å². The normalized spacial score (nSPS) is 9.38. The van der Waals surface area contributed by atoms with Crippen LogP contribution in [0.15, 0.2) is 18.2 Å². The lowest BCUT2D eigenvalue weighted by Gasteiger charge is -2.12. The predicted octanol–water partition coefficient (Wildman–Crippen LogP) is 1.20. The second-order valence-corrected chi connectivity index (χ2v) is 3.45. The number of benzene rings is 1. The van der Waals surface area contributed by atoms with Crippen LogP contribution in [0.2, 0.25) is 0 Å². The molecule has 0 unspecified atom stereocenters. The largest absolute Gasteiger partial charge is 0.374 e. The highest BCUT2D eigenvalue weighted by Crippen LogP contribution is 2.14. The SMILES string of the molecule is CN(C)C(=O)CNc1ccc(C#N)cc1F. The molecule has 4 nitrogen and oxygen atoms in total. The number of nitriles is 1. The van der Waals surface area contributed by atoms with E-state index >= 15 is 0 Å². The fraction of sp³-hybridized carbons (Fsp3) is 0.273. The van der Waals surface area contributed by atoms with Crippen LogP contribution in [0.25, 0.3) is 0 Å². The van der Waals surface area contributed by atoms with Gasteiger partial charge in [0.25, 0.3) is 0 Å². The third-order valence-corrected chi connectivity index (χ3v) is 2.03. The van der Waals surface area contributed by atoms with Gasteiger partial charge in [0.1, 0.15) is 5.82 Å². The maximum atomic E-state index is 13.4. The van der Waals surface area contributed by atoms with E-state index in [1.807, 2.05) is 6.07 Å². The van der Waals surface area contributed by atoms with E-state index in [1.165, 1.54) is 17.0 Å². The lowest BCUT2D eigenvalue weighted by molar-refractivity contribution is -0.126. The molecule has 1 rings (SSSR count). The molecule has 0 fully saturated rings. The number of nitrogens with one attached hydrogen (secondary N) is 1. The average molecular weight is 221 g/mol. The number of hydrogen-bond acceptors (Lipinski definition) is 3. The Bertz CT molecular complexity index is 437. The van der Waals surface area contributed by atoms with Gasteiger partial charge in [-0.25, -0.2) is 4.39 Å². The van der Waals surface area contributed by atoms with E-state index in [1.54, 1.807) is 14.1 Å². The number of anilines is 1. The van der Waals surface area contributed by atoms with Crippen molar-refractivity contribution in [3.63, 3.8) is 0 Å². The minimum Gasteiger partial charge on any atom is -0.374 e. The summed E-state index contributed by atoms with van der Waals surface area (Å²) in [5.74, 6) is -0.686. The maximum absolute atomic E-state index is 13.4. The molecule has 0 aromatic heterocycles. The van der Waals surface area contributed by atoms with E-state index in [2.05, 4.69) is 5.32 Å². The van der Waals surface area contributed by atoms with Crippen LogP contribution in [0.5, 0.6) is 0 Å². The Hall–Kier alpha value is -2.09. The summed E-state index contributed by atoms with van der Waals surface area (Å²) in [4.78, 5) is 12.7. The van der Waals surface area contributed by atoms with E-state index in [0.29, 0.717) is 0 Å². The molecule has 5 heteroatoms. The van der Waals surface area contributed by atoms with Gasteiger partial charge in [-0.05, 0) is 18.2 Å². The molecule has 0 atom stereocenters. The molecule has 16 heavy (non-hydrogen) atoms. The number of hydrogen-bond donors (Lipinski definition) is 1. The fourth-order valence-corrected chi connectivity index (χ4v) is 1.06. The van der Waals surface area contributed by atoms with E-state index in [9.17, 15) is 9.18 Å². The highest BCUT2D eigenvalue weighted by atomic mass is 19.1. The number of likely N-dealkylation sites (N-methyl/N-ethyl adjacent to an activating group) is 1. The molecule has 0 aliphatic rings. The van der Waals surface area contributed by atoms with Crippen molar-refractivity contribution in [2.45, 2.75) is 0 Å². The van der Waals surface area contributed by atoms with Crippen LogP contribution < -0.4 is 5.32 Å². The molecule has 0 aliphatic carbocycles. The second-order valence-electron chi connectivity index (χ2n) is 3.45. The van der Waals surface area contributed by atoms with Crippen molar-refractivity contribution in [2.24, 2.45) is 0 Å². The van der Waals surface area contributed by atoms with E-state index in [-0.39, 0.29) is 23.7 Å². The number of amides is 1. The zero-order valence-electron chi connectivity index (χ0n) is 9.12. The monoisotopic (exact) mass is 221 g/mol. The van der Waals surface area contributed by atoms with Gasteiger partial charge in [0.05, 0.1) is 23.9 Å². The van der Waals surface area contributed by atoms with Crippen LogP contribution in [0, 0.1) is 17.1 Å². The molecule has 0 saturated carbocycles. The van der Waals surface area contributed by atoms with Gasteiger partial charge in [0.2, 0.25) is 5.91 Å². The summed E-state index contributed by atoms with van der Waals surface area (Å²) >= 11 is 0. The molecule has 1 aromatic rings. The van der Waals surface area contributed by atoms with E-state index in [0.717, 1.165) is 6.07 Å². The lowest BCUT2D eigenvalue weighted by Crippen LogP contribution is -2.28. The van der Waals surface area contributed by atoms with Gasteiger partial charge in [0, 0.05) is 14.1 Å². The highest BCUT2D eigenvalue weighted by Gasteiger charge is 2.06. The summed E-state index contributed by atoms with van der Waals surface area (Å²) in [6.45, 7) is 0.0236. The van der Waals surface area contributed by atoms with Gasteiger partial charge in [-0.1, -0.05) is 0 Å². The van der Waals surface area contributed by atoms with Crippen LogP contribution in [-0.2, 0) is 4.79 Å². The minimum atomic E-state index is -0.536. The molecule has 0 saturated heterocycles. The van der Waals surface area contributed by atoms with Gasteiger partial charge in [-0.3, -0.25) is 4.79 Å². The first-order valence-corrected chi connectivity index (χ1v) is 4.68. The third kappa shape index (κ3) is 2.95. The molecule has 1 aromatic carbocycles. The van der Waals surface area contributed by atoms with Crippen molar-refractivity contribution in [3.05, 3.63) is 29.6 Å². The van der Waals surface area contributed by atoms with Crippen molar-refractivity contribution in [1.82, 2.24) is 4.90 Å². The minimum absolute atomic E-state index is 0.0236. The Balaban J connectivity index is 2.69. The van der Waals surface area contributed by atoms with Gasteiger partial charge >= 0.3 is 0 Å². The molecule has 84 valence electrons. The zero-order chi connectivity index (χ0) is 12.1. The summed E-state index contributed by atoms with van der Waals surface area (Å²) in [6, 6.07) is 5.90. The Labute approximate surface area is 93.3 Å². The summed E-state index contributed by atoms with van der Waals surface area (Å²) in [5, 5.41) is 11.2. The first-order chi connectivity index (χ1) is 7.54. The Morgan fingerprint density at radius 3 is 2.75 bits per heavy atom. The highest BCUT2D eigenvalue weighted by molar-refractivity contribution is 5.80. The van der Waals surface area contributed by atoms with Crippen LogP contribution in [0.1, 0.15) is 5.56 Å². The molecule has 1 amide bonds. The van der Waals surface area contributed by atoms with Crippen molar-refractivity contribution < 1.29 is 9.18 Å². The number of carbonyl (C=O) groups is 1. The average Bonchev–Trinajstić information content (AvgIpc) is 2.26. The van der Waals surface area contributed by atoms with Gasteiger partial charge in [-0.2, -0.15) is 5.26 Å². The smallest absolute Gasteiger partial charge is 0.241 e. The van der Waals surface area contributed by atoms with Crippen molar-refractivity contribution in [2.75, 3.05) is 26.0 Å². The van der Waals surface area contributed by atoms with Gasteiger partial charge in [0.15, 0.2) is 0 Å². The number of nitrogens with zero attached hydrogens (tertiary/aromatic N) is 2. The topological polar surface area (TPSA) is 56.1 Å². The van der Waals surface area contributed by atoms with Crippen molar-refractivity contribution in [1.29, 1.82) is 5.26 Å². The van der Waals surface area contributed by atoms with E-state index in [4.69, 9.17) is 5.26 Å². The Kier molecular flexibility index (Phi) is 3.84. The Morgan fingerprint density at radius 1 is 1.56 bits per heavy atom. The summed E-state index contributed by atoms with van der Waals surface area (Å²) in [5.41, 5.74) is 0.469. The molecule has 0 bridgehead atoms. The van der Waals surface area contributed by atoms with Crippen LogP contribution >= 0.6 is 0 Å². The fourth-order valence-electron chi connectivity index (χ4n) is 1.06. The van der Waals surface area contributed by atoms with Crippen molar-refractivity contribution >= 4 is 11.6 Å². The standard InChI is InChI=1S/C11H12FN3O/c1-15(2)11(16)7-14-10-4-3-8(6-13)5-9(10)12/h3-5,14H,7H2,1-2H3. The van der Waals surface area contributed by atoms with Crippen molar-refractivity contribution in [3.8, 4) is 6.07 Å². The number of rotatable bonds is 3. The first-order valence-electron chi connectivity index (χ1n) is 4.68. The lowest BCUT2D eigenvalue weighted by atomic mass is 10.2. The molecule has 0 heterocycles. The molecule has 1 N–H and O–H groups in total. The van der Waals surface area contributed by atoms with Gasteiger partial charge < -0.3 is 10.2 Å². The second kappa shape index (κ2) is 5.12. The molecular formula is C11H12FN3O. The first kappa shape index (κ1) is 12.0. The summed E-state index contributed by atoms with van der Waals surface area (Å²) < 4.78 is 13.4. The van der Waals surface area contributed by atoms with Crippen LogP contribution in [0.4, 0.5) is 10.1 Å². The van der Waals surface area contributed by atoms with Crippen LogP contribution in [-0.4, -0.2) is 31.4 Å². The summed E-state index contributed by atoms with van der Waals surface area (Å²) in [7, 11) is 3.25. The molecular weight excluding hydrogens is 209 g/mol. The van der Waals surface area contributed by atoms with E-state index < -0.39 is 5.82 Å². The Morgan fingerprint density at radius 2 is 2.25 bits per heavy atom. The maximum Gasteiger partial charge on any atom is 0.241 e. The molecule has 0 radical (unpaired) electrons. The number of halogens is 1. The molecule has 0 aliphatic heterocycles. The summed E-state index contributed by atoms with van der Waals surface area (Å²) in [6.07, 6.45) is 0.